The summed E-state index contributed by atoms with van der Waals surface area (Å²) in [5.41, 5.74) is 0.554. The normalized spacial score (nSPS) is 11.2. The van der Waals surface area contributed by atoms with Crippen LogP contribution in [0.1, 0.15) is 23.0 Å². The molecule has 1 N–H and O–H groups in total. The highest BCUT2D eigenvalue weighted by Crippen LogP contribution is 2.25. The van der Waals surface area contributed by atoms with Crippen LogP contribution >= 0.6 is 0 Å². The summed E-state index contributed by atoms with van der Waals surface area (Å²) in [5, 5.41) is 9.71. The van der Waals surface area contributed by atoms with Gasteiger partial charge in [0.15, 0.2) is 0 Å². The Balaban J connectivity index is 1.82. The number of aryl methyl sites for hydroxylation is 2. The van der Waals surface area contributed by atoms with Crippen molar-refractivity contribution < 1.29 is 9.21 Å². The van der Waals surface area contributed by atoms with Gasteiger partial charge in [-0.2, -0.15) is 5.10 Å². The molecule has 0 saturated heterocycles. The number of carbonyl (C=O) groups is 1. The van der Waals surface area contributed by atoms with Crippen molar-refractivity contribution in [3.05, 3.63) is 70.2 Å². The Hall–Kier alpha value is -3.41. The highest BCUT2D eigenvalue weighted by atomic mass is 16.4. The van der Waals surface area contributed by atoms with Gasteiger partial charge in [0.25, 0.3) is 5.91 Å². The molecule has 26 heavy (non-hydrogen) atoms. The van der Waals surface area contributed by atoms with E-state index >= 15 is 0 Å². The molecule has 4 aromatic rings. The lowest BCUT2D eigenvalue weighted by Gasteiger charge is -2.08. The van der Waals surface area contributed by atoms with Crippen LogP contribution in [0.15, 0.2) is 57.7 Å². The molecule has 2 aromatic heterocycles. The van der Waals surface area contributed by atoms with Gasteiger partial charge in [-0.1, -0.05) is 30.3 Å². The number of nitrogens with zero attached hydrogens (tertiary/aromatic N) is 2. The number of nitrogens with one attached hydrogen (secondary N) is 1. The fourth-order valence-electron chi connectivity index (χ4n) is 3.10. The summed E-state index contributed by atoms with van der Waals surface area (Å²) in [4.78, 5) is 25.0. The third kappa shape index (κ3) is 2.65. The maximum absolute atomic E-state index is 12.7. The van der Waals surface area contributed by atoms with Crippen molar-refractivity contribution in [3.8, 4) is 0 Å². The molecular formula is C20H17N3O3. The van der Waals surface area contributed by atoms with Gasteiger partial charge in [0.2, 0.25) is 0 Å². The molecule has 0 atom stereocenters. The van der Waals surface area contributed by atoms with Gasteiger partial charge in [-0.3, -0.25) is 4.79 Å². The molecule has 4 rings (SSSR count). The lowest BCUT2D eigenvalue weighted by molar-refractivity contribution is 0.102. The van der Waals surface area contributed by atoms with Gasteiger partial charge in [-0.15, -0.1) is 0 Å². The van der Waals surface area contributed by atoms with Crippen molar-refractivity contribution in [2.45, 2.75) is 20.4 Å². The van der Waals surface area contributed by atoms with Crippen molar-refractivity contribution in [1.82, 2.24) is 9.78 Å². The standard InChI is InChI=1S/C20H17N3O3/c1-3-23-18(10-12(2)22-23)21-19(24)16-11-15-14-7-5-4-6-13(14)8-9-17(15)26-20(16)25/h4-11H,3H2,1-2H3,(H,21,24). The lowest BCUT2D eigenvalue weighted by atomic mass is 10.0. The van der Waals surface area contributed by atoms with Crippen LogP contribution in [0.25, 0.3) is 21.7 Å². The van der Waals surface area contributed by atoms with Gasteiger partial charge in [0.1, 0.15) is 17.0 Å². The summed E-state index contributed by atoms with van der Waals surface area (Å²) in [6.07, 6.45) is 0. The first-order valence-electron chi connectivity index (χ1n) is 8.38. The zero-order valence-electron chi connectivity index (χ0n) is 14.4. The minimum atomic E-state index is -0.662. The minimum absolute atomic E-state index is 0.0321. The van der Waals surface area contributed by atoms with Crippen molar-refractivity contribution in [2.75, 3.05) is 5.32 Å². The summed E-state index contributed by atoms with van der Waals surface area (Å²) in [6.45, 7) is 4.39. The Morgan fingerprint density at radius 1 is 1.15 bits per heavy atom. The number of aromatic nitrogens is 2. The molecule has 2 heterocycles. The molecule has 6 nitrogen and oxygen atoms in total. The van der Waals surface area contributed by atoms with Gasteiger partial charge < -0.3 is 9.73 Å². The Bertz CT molecular complexity index is 1200. The molecule has 0 unspecified atom stereocenters. The molecule has 2 aromatic carbocycles. The van der Waals surface area contributed by atoms with E-state index in [9.17, 15) is 9.59 Å². The molecule has 1 amide bonds. The number of carbonyl (C=O) groups excluding carboxylic acids is 1. The van der Waals surface area contributed by atoms with Crippen molar-refractivity contribution in [1.29, 1.82) is 0 Å². The second-order valence-corrected chi connectivity index (χ2v) is 6.09. The zero-order valence-corrected chi connectivity index (χ0v) is 14.4. The Kier molecular flexibility index (Phi) is 3.80. The fourth-order valence-corrected chi connectivity index (χ4v) is 3.10. The number of anilines is 1. The number of benzene rings is 2. The average Bonchev–Trinajstić information content (AvgIpc) is 3.00. The molecule has 0 saturated carbocycles. The summed E-state index contributed by atoms with van der Waals surface area (Å²) in [7, 11) is 0. The Morgan fingerprint density at radius 2 is 1.96 bits per heavy atom. The van der Waals surface area contributed by atoms with E-state index in [-0.39, 0.29) is 5.56 Å². The van der Waals surface area contributed by atoms with Crippen LogP contribution in [0.3, 0.4) is 0 Å². The van der Waals surface area contributed by atoms with Crippen LogP contribution in [-0.4, -0.2) is 15.7 Å². The van der Waals surface area contributed by atoms with Crippen LogP contribution in [0, 0.1) is 6.92 Å². The summed E-state index contributed by atoms with van der Waals surface area (Å²) < 4.78 is 7.05. The third-order valence-electron chi connectivity index (χ3n) is 4.33. The predicted octanol–water partition coefficient (Wildman–Crippen LogP) is 3.72. The molecule has 6 heteroatoms. The SMILES string of the molecule is CCn1nc(C)cc1NC(=O)c1cc2c(ccc3ccccc32)oc1=O. The van der Waals surface area contributed by atoms with E-state index < -0.39 is 11.5 Å². The van der Waals surface area contributed by atoms with Crippen LogP contribution in [0.5, 0.6) is 0 Å². The molecule has 0 aliphatic rings. The number of fused-ring (bicyclic) bond motifs is 3. The quantitative estimate of drug-likeness (QED) is 0.452. The van der Waals surface area contributed by atoms with Crippen LogP contribution in [0.4, 0.5) is 5.82 Å². The summed E-state index contributed by atoms with van der Waals surface area (Å²) in [6, 6.07) is 14.8. The highest BCUT2D eigenvalue weighted by Gasteiger charge is 2.17. The van der Waals surface area contributed by atoms with Gasteiger partial charge in [-0.05, 0) is 36.8 Å². The number of hydrogen-bond donors (Lipinski definition) is 1. The van der Waals surface area contributed by atoms with Gasteiger partial charge in [-0.25, -0.2) is 9.48 Å². The predicted molar refractivity (Wildman–Crippen MR) is 101 cm³/mol. The highest BCUT2D eigenvalue weighted by molar-refractivity contribution is 6.10. The maximum atomic E-state index is 12.7. The monoisotopic (exact) mass is 347 g/mol. The molecular weight excluding hydrogens is 330 g/mol. The first-order valence-corrected chi connectivity index (χ1v) is 8.38. The van der Waals surface area contributed by atoms with Crippen molar-refractivity contribution in [2.24, 2.45) is 0 Å². The smallest absolute Gasteiger partial charge is 0.349 e. The Labute approximate surface area is 149 Å². The van der Waals surface area contributed by atoms with Gasteiger partial charge in [0, 0.05) is 18.0 Å². The largest absolute Gasteiger partial charge is 0.422 e. The zero-order chi connectivity index (χ0) is 18.3. The molecule has 0 fully saturated rings. The number of rotatable bonds is 3. The van der Waals surface area contributed by atoms with E-state index in [2.05, 4.69) is 10.4 Å². The van der Waals surface area contributed by atoms with E-state index in [1.54, 1.807) is 22.9 Å². The third-order valence-corrected chi connectivity index (χ3v) is 4.33. The number of hydrogen-bond acceptors (Lipinski definition) is 4. The van der Waals surface area contributed by atoms with E-state index in [4.69, 9.17) is 4.42 Å². The van der Waals surface area contributed by atoms with Crippen LogP contribution in [-0.2, 0) is 6.54 Å². The maximum Gasteiger partial charge on any atom is 0.349 e. The van der Waals surface area contributed by atoms with Crippen LogP contribution in [0.2, 0.25) is 0 Å². The summed E-state index contributed by atoms with van der Waals surface area (Å²) in [5.74, 6) is 0.0376. The van der Waals surface area contributed by atoms with E-state index in [0.29, 0.717) is 17.9 Å². The second-order valence-electron chi connectivity index (χ2n) is 6.09. The molecule has 0 aliphatic carbocycles. The average molecular weight is 347 g/mol. The van der Waals surface area contributed by atoms with Crippen LogP contribution < -0.4 is 10.9 Å². The molecule has 0 spiro atoms. The minimum Gasteiger partial charge on any atom is -0.422 e. The topological polar surface area (TPSA) is 77.1 Å². The van der Waals surface area contributed by atoms with Gasteiger partial charge in [0.05, 0.1) is 5.69 Å². The second kappa shape index (κ2) is 6.15. The lowest BCUT2D eigenvalue weighted by Crippen LogP contribution is -2.22. The summed E-state index contributed by atoms with van der Waals surface area (Å²) >= 11 is 0. The molecule has 0 radical (unpaired) electrons. The first-order chi connectivity index (χ1) is 12.6. The van der Waals surface area contributed by atoms with Crippen molar-refractivity contribution in [3.63, 3.8) is 0 Å². The molecule has 130 valence electrons. The van der Waals surface area contributed by atoms with E-state index in [1.165, 1.54) is 0 Å². The number of amides is 1. The molecule has 0 bridgehead atoms. The van der Waals surface area contributed by atoms with E-state index in [0.717, 1.165) is 21.9 Å². The fraction of sp³-hybridized carbons (Fsp3) is 0.150. The van der Waals surface area contributed by atoms with Gasteiger partial charge >= 0.3 is 5.63 Å². The first kappa shape index (κ1) is 16.1. The van der Waals surface area contributed by atoms with E-state index in [1.807, 2.05) is 44.2 Å². The Morgan fingerprint density at radius 3 is 2.77 bits per heavy atom. The molecule has 0 aliphatic heterocycles. The van der Waals surface area contributed by atoms with Crippen molar-refractivity contribution >= 4 is 33.5 Å².